The molecular formula is C11H17N3. The lowest BCUT2D eigenvalue weighted by Gasteiger charge is -2.05. The second-order valence-corrected chi connectivity index (χ2v) is 4.50. The van der Waals surface area contributed by atoms with Crippen molar-refractivity contribution in [1.29, 1.82) is 0 Å². The van der Waals surface area contributed by atoms with Crippen LogP contribution in [-0.2, 0) is 26.4 Å². The van der Waals surface area contributed by atoms with Crippen molar-refractivity contribution in [2.24, 2.45) is 7.05 Å². The van der Waals surface area contributed by atoms with Crippen molar-refractivity contribution in [2.45, 2.75) is 44.7 Å². The molecular weight excluding hydrogens is 174 g/mol. The van der Waals surface area contributed by atoms with Crippen LogP contribution in [0.25, 0.3) is 0 Å². The first-order chi connectivity index (χ1) is 6.84. The lowest BCUT2D eigenvalue weighted by Crippen LogP contribution is -2.18. The molecule has 0 saturated heterocycles. The normalized spacial score (nSPS) is 20.1. The zero-order chi connectivity index (χ0) is 9.54. The maximum absolute atomic E-state index is 4.57. The summed E-state index contributed by atoms with van der Waals surface area (Å²) in [6, 6.07) is 0.793. The number of fused-ring (bicyclic) bond motifs is 1. The van der Waals surface area contributed by atoms with E-state index in [1.54, 1.807) is 0 Å². The molecule has 76 valence electrons. The molecule has 0 aliphatic heterocycles. The average Bonchev–Trinajstić information content (AvgIpc) is 2.79. The highest BCUT2D eigenvalue weighted by Gasteiger charge is 2.24. The van der Waals surface area contributed by atoms with E-state index in [2.05, 4.69) is 22.1 Å². The number of nitrogens with zero attached hydrogens (tertiary/aromatic N) is 2. The number of aromatic nitrogens is 2. The zero-order valence-electron chi connectivity index (χ0n) is 8.71. The zero-order valence-corrected chi connectivity index (χ0v) is 8.71. The van der Waals surface area contributed by atoms with Crippen LogP contribution in [0.15, 0.2) is 0 Å². The Labute approximate surface area is 84.5 Å². The molecule has 3 nitrogen and oxygen atoms in total. The molecule has 1 fully saturated rings. The first-order valence-corrected chi connectivity index (χ1v) is 5.61. The Bertz CT molecular complexity index is 350. The van der Waals surface area contributed by atoms with Crippen LogP contribution >= 0.6 is 0 Å². The quantitative estimate of drug-likeness (QED) is 0.777. The SMILES string of the molecule is Cn1nc2c(c1CNC1CC1)CCC2. The highest BCUT2D eigenvalue weighted by atomic mass is 15.3. The van der Waals surface area contributed by atoms with Crippen molar-refractivity contribution in [3.63, 3.8) is 0 Å². The molecule has 2 aliphatic carbocycles. The summed E-state index contributed by atoms with van der Waals surface area (Å²) in [6.07, 6.45) is 6.45. The van der Waals surface area contributed by atoms with Gasteiger partial charge in [-0.25, -0.2) is 0 Å². The van der Waals surface area contributed by atoms with Crippen LogP contribution in [0.1, 0.15) is 36.2 Å². The topological polar surface area (TPSA) is 29.9 Å². The molecule has 0 spiro atoms. The number of nitrogens with one attached hydrogen (secondary N) is 1. The molecule has 0 radical (unpaired) electrons. The van der Waals surface area contributed by atoms with E-state index in [9.17, 15) is 0 Å². The Morgan fingerprint density at radius 2 is 2.29 bits per heavy atom. The Morgan fingerprint density at radius 1 is 1.43 bits per heavy atom. The second kappa shape index (κ2) is 3.09. The van der Waals surface area contributed by atoms with E-state index in [-0.39, 0.29) is 0 Å². The van der Waals surface area contributed by atoms with Crippen molar-refractivity contribution in [3.8, 4) is 0 Å². The third-order valence-corrected chi connectivity index (χ3v) is 3.33. The summed E-state index contributed by atoms with van der Waals surface area (Å²) in [5.41, 5.74) is 4.30. The van der Waals surface area contributed by atoms with Crippen molar-refractivity contribution < 1.29 is 0 Å². The van der Waals surface area contributed by atoms with Crippen LogP contribution in [0.3, 0.4) is 0 Å². The van der Waals surface area contributed by atoms with Gasteiger partial charge >= 0.3 is 0 Å². The first-order valence-electron chi connectivity index (χ1n) is 5.61. The van der Waals surface area contributed by atoms with Gasteiger partial charge in [-0.1, -0.05) is 0 Å². The summed E-state index contributed by atoms with van der Waals surface area (Å²) in [5, 5.41) is 8.13. The Hall–Kier alpha value is -0.830. The van der Waals surface area contributed by atoms with Gasteiger partial charge in [0.1, 0.15) is 0 Å². The lowest BCUT2D eigenvalue weighted by molar-refractivity contribution is 0.611. The maximum Gasteiger partial charge on any atom is 0.0660 e. The van der Waals surface area contributed by atoms with Gasteiger partial charge in [0.25, 0.3) is 0 Å². The molecule has 0 unspecified atom stereocenters. The van der Waals surface area contributed by atoms with Crippen LogP contribution in [0, 0.1) is 0 Å². The van der Waals surface area contributed by atoms with Crippen molar-refractivity contribution >= 4 is 0 Å². The van der Waals surface area contributed by atoms with Crippen molar-refractivity contribution in [3.05, 3.63) is 17.0 Å². The van der Waals surface area contributed by atoms with Gasteiger partial charge in [-0.3, -0.25) is 4.68 Å². The van der Waals surface area contributed by atoms with E-state index in [4.69, 9.17) is 0 Å². The van der Waals surface area contributed by atoms with E-state index in [0.29, 0.717) is 0 Å². The Kier molecular flexibility index (Phi) is 1.87. The van der Waals surface area contributed by atoms with Gasteiger partial charge in [0.2, 0.25) is 0 Å². The minimum atomic E-state index is 0.793. The van der Waals surface area contributed by atoms with E-state index in [0.717, 1.165) is 12.6 Å². The van der Waals surface area contributed by atoms with Gasteiger partial charge in [-0.2, -0.15) is 5.10 Å². The molecule has 1 aromatic heterocycles. The summed E-state index contributed by atoms with van der Waals surface area (Å²) in [4.78, 5) is 0. The minimum absolute atomic E-state index is 0.793. The highest BCUT2D eigenvalue weighted by Crippen LogP contribution is 2.25. The van der Waals surface area contributed by atoms with E-state index >= 15 is 0 Å². The van der Waals surface area contributed by atoms with Crippen molar-refractivity contribution in [2.75, 3.05) is 0 Å². The molecule has 0 atom stereocenters. The average molecular weight is 191 g/mol. The molecule has 14 heavy (non-hydrogen) atoms. The number of hydrogen-bond acceptors (Lipinski definition) is 2. The molecule has 0 aromatic carbocycles. The van der Waals surface area contributed by atoms with Crippen LogP contribution in [0.5, 0.6) is 0 Å². The molecule has 1 N–H and O–H groups in total. The monoisotopic (exact) mass is 191 g/mol. The predicted octanol–water partition coefficient (Wildman–Crippen LogP) is 1.16. The summed E-state index contributed by atoms with van der Waals surface area (Å²) in [6.45, 7) is 1.02. The Balaban J connectivity index is 1.80. The van der Waals surface area contributed by atoms with Gasteiger partial charge in [0.15, 0.2) is 0 Å². The van der Waals surface area contributed by atoms with Gasteiger partial charge in [-0.05, 0) is 37.7 Å². The third-order valence-electron chi connectivity index (χ3n) is 3.33. The summed E-state index contributed by atoms with van der Waals surface area (Å²) < 4.78 is 2.07. The smallest absolute Gasteiger partial charge is 0.0660 e. The number of rotatable bonds is 3. The van der Waals surface area contributed by atoms with E-state index in [1.165, 1.54) is 49.1 Å². The molecule has 3 rings (SSSR count). The summed E-state index contributed by atoms with van der Waals surface area (Å²) in [7, 11) is 2.07. The molecule has 1 aromatic rings. The molecule has 2 aliphatic rings. The van der Waals surface area contributed by atoms with Gasteiger partial charge < -0.3 is 5.32 Å². The first kappa shape index (κ1) is 8.48. The number of hydrogen-bond donors (Lipinski definition) is 1. The molecule has 0 amide bonds. The fourth-order valence-electron chi connectivity index (χ4n) is 2.34. The van der Waals surface area contributed by atoms with E-state index in [1.807, 2.05) is 0 Å². The fraction of sp³-hybridized carbons (Fsp3) is 0.727. The van der Waals surface area contributed by atoms with Crippen LogP contribution < -0.4 is 5.32 Å². The van der Waals surface area contributed by atoms with Gasteiger partial charge in [-0.15, -0.1) is 0 Å². The fourth-order valence-corrected chi connectivity index (χ4v) is 2.34. The molecule has 1 saturated carbocycles. The highest BCUT2D eigenvalue weighted by molar-refractivity contribution is 5.30. The van der Waals surface area contributed by atoms with Crippen LogP contribution in [0.2, 0.25) is 0 Å². The molecule has 0 bridgehead atoms. The largest absolute Gasteiger partial charge is 0.308 e. The third kappa shape index (κ3) is 1.36. The van der Waals surface area contributed by atoms with Gasteiger partial charge in [0.05, 0.1) is 11.4 Å². The second-order valence-electron chi connectivity index (χ2n) is 4.50. The molecule has 3 heteroatoms. The minimum Gasteiger partial charge on any atom is -0.308 e. The number of aryl methyl sites for hydroxylation is 2. The Morgan fingerprint density at radius 3 is 3.07 bits per heavy atom. The molecule has 1 heterocycles. The van der Waals surface area contributed by atoms with Crippen LogP contribution in [0.4, 0.5) is 0 Å². The van der Waals surface area contributed by atoms with Crippen molar-refractivity contribution in [1.82, 2.24) is 15.1 Å². The maximum atomic E-state index is 4.57. The van der Waals surface area contributed by atoms with E-state index < -0.39 is 0 Å². The summed E-state index contributed by atoms with van der Waals surface area (Å²) in [5.74, 6) is 0. The predicted molar refractivity (Wildman–Crippen MR) is 55.1 cm³/mol. The summed E-state index contributed by atoms with van der Waals surface area (Å²) >= 11 is 0. The standard InChI is InChI=1S/C11H17N3/c1-14-11(7-12-8-5-6-8)9-3-2-4-10(9)13-14/h8,12H,2-7H2,1H3. The van der Waals surface area contributed by atoms with Crippen LogP contribution in [-0.4, -0.2) is 15.8 Å². The van der Waals surface area contributed by atoms with Gasteiger partial charge in [0, 0.05) is 19.6 Å². The lowest BCUT2D eigenvalue weighted by atomic mass is 10.2.